The van der Waals surface area contributed by atoms with Crippen LogP contribution in [0.15, 0.2) is 42.5 Å². The average Bonchev–Trinajstić information content (AvgIpc) is 3.10. The molecule has 2 N–H and O–H groups in total. The lowest BCUT2D eigenvalue weighted by Crippen LogP contribution is -2.44. The molecule has 3 aromatic rings. The summed E-state index contributed by atoms with van der Waals surface area (Å²) in [6.45, 7) is 8.21. The van der Waals surface area contributed by atoms with E-state index in [0.717, 1.165) is 59.6 Å². The first kappa shape index (κ1) is 17.6. The minimum Gasteiger partial charge on any atom is -0.369 e. The lowest BCUT2D eigenvalue weighted by atomic mass is 10.1. The highest BCUT2D eigenvalue weighted by Gasteiger charge is 2.16. The minimum absolute atomic E-state index is 0.107. The van der Waals surface area contributed by atoms with Crippen LogP contribution in [0, 0.1) is 13.8 Å². The molecule has 1 aliphatic heterocycles. The topological polar surface area (TPSA) is 51.4 Å². The summed E-state index contributed by atoms with van der Waals surface area (Å²) in [6.07, 6.45) is 0. The maximum Gasteiger partial charge on any atom is 0.272 e. The highest BCUT2D eigenvalue weighted by molar-refractivity contribution is 6.06. The Morgan fingerprint density at radius 2 is 1.78 bits per heavy atom. The number of nitrogens with one attached hydrogen (secondary N) is 2. The fourth-order valence-electron chi connectivity index (χ4n) is 3.63. The summed E-state index contributed by atoms with van der Waals surface area (Å²) >= 11 is 0. The van der Waals surface area contributed by atoms with Gasteiger partial charge in [0.25, 0.3) is 5.91 Å². The molecule has 4 rings (SSSR count). The number of aromatic nitrogens is 1. The fraction of sp³-hybridized carbons (Fsp3) is 0.318. The number of anilines is 2. The fourth-order valence-corrected chi connectivity index (χ4v) is 3.63. The number of hydrogen-bond donors (Lipinski definition) is 2. The Labute approximate surface area is 160 Å². The van der Waals surface area contributed by atoms with Crippen LogP contribution >= 0.6 is 0 Å². The first-order chi connectivity index (χ1) is 13.0. The number of benzene rings is 2. The molecule has 0 saturated carbocycles. The van der Waals surface area contributed by atoms with Crippen molar-refractivity contribution in [2.75, 3.05) is 43.4 Å². The highest BCUT2D eigenvalue weighted by atomic mass is 16.1. The second-order valence-electron chi connectivity index (χ2n) is 7.47. The summed E-state index contributed by atoms with van der Waals surface area (Å²) < 4.78 is 0. The SMILES string of the molecule is Cc1ccc(N2CCN(C)CC2)cc1NC(=O)c1cc2cccc(C)c2[nH]1. The molecular formula is C22H26N4O. The third-order valence-electron chi connectivity index (χ3n) is 5.45. The number of hydrogen-bond acceptors (Lipinski definition) is 3. The molecule has 0 radical (unpaired) electrons. The van der Waals surface area contributed by atoms with Crippen molar-refractivity contribution in [3.05, 3.63) is 59.3 Å². The second-order valence-corrected chi connectivity index (χ2v) is 7.47. The van der Waals surface area contributed by atoms with E-state index in [-0.39, 0.29) is 5.91 Å². The van der Waals surface area contributed by atoms with Gasteiger partial charge in [-0.05, 0) is 50.2 Å². The molecule has 140 valence electrons. The van der Waals surface area contributed by atoms with E-state index in [2.05, 4.69) is 45.3 Å². The van der Waals surface area contributed by atoms with Crippen molar-refractivity contribution in [2.24, 2.45) is 0 Å². The summed E-state index contributed by atoms with van der Waals surface area (Å²) in [7, 11) is 2.15. The molecule has 0 bridgehead atoms. The molecule has 27 heavy (non-hydrogen) atoms. The van der Waals surface area contributed by atoms with Crippen LogP contribution in [0.4, 0.5) is 11.4 Å². The molecular weight excluding hydrogens is 336 g/mol. The number of H-pyrrole nitrogens is 1. The highest BCUT2D eigenvalue weighted by Crippen LogP contribution is 2.25. The van der Waals surface area contributed by atoms with Gasteiger partial charge in [0.2, 0.25) is 0 Å². The molecule has 1 amide bonds. The number of para-hydroxylation sites is 1. The molecule has 5 heteroatoms. The molecule has 5 nitrogen and oxygen atoms in total. The lowest BCUT2D eigenvalue weighted by Gasteiger charge is -2.34. The van der Waals surface area contributed by atoms with Crippen molar-refractivity contribution in [1.29, 1.82) is 0 Å². The Kier molecular flexibility index (Phi) is 4.62. The second kappa shape index (κ2) is 7.08. The van der Waals surface area contributed by atoms with Crippen molar-refractivity contribution in [1.82, 2.24) is 9.88 Å². The Morgan fingerprint density at radius 3 is 2.52 bits per heavy atom. The van der Waals surface area contributed by atoms with Gasteiger partial charge in [0.15, 0.2) is 0 Å². The largest absolute Gasteiger partial charge is 0.369 e. The number of nitrogens with zero attached hydrogens (tertiary/aromatic N) is 2. The van der Waals surface area contributed by atoms with Crippen molar-refractivity contribution in [2.45, 2.75) is 13.8 Å². The van der Waals surface area contributed by atoms with Crippen LogP contribution < -0.4 is 10.2 Å². The van der Waals surface area contributed by atoms with Gasteiger partial charge in [0.05, 0.1) is 0 Å². The molecule has 0 aliphatic carbocycles. The summed E-state index contributed by atoms with van der Waals surface area (Å²) in [4.78, 5) is 20.8. The van der Waals surface area contributed by atoms with Gasteiger partial charge in [-0.2, -0.15) is 0 Å². The molecule has 1 saturated heterocycles. The molecule has 1 fully saturated rings. The van der Waals surface area contributed by atoms with Gasteiger partial charge in [0, 0.05) is 48.5 Å². The summed E-state index contributed by atoms with van der Waals surface area (Å²) in [5, 5.41) is 4.15. The van der Waals surface area contributed by atoms with Crippen molar-refractivity contribution in [3.8, 4) is 0 Å². The quantitative estimate of drug-likeness (QED) is 0.745. The van der Waals surface area contributed by atoms with Crippen LogP contribution in [-0.2, 0) is 0 Å². The standard InChI is InChI=1S/C22H26N4O/c1-15-7-8-18(26-11-9-25(3)10-12-26)14-19(15)24-22(27)20-13-17-6-4-5-16(2)21(17)23-20/h4-8,13-14,23H,9-12H2,1-3H3,(H,24,27). The molecule has 2 heterocycles. The van der Waals surface area contributed by atoms with Gasteiger partial charge >= 0.3 is 0 Å². The summed E-state index contributed by atoms with van der Waals surface area (Å²) in [5.74, 6) is -0.107. The zero-order valence-electron chi connectivity index (χ0n) is 16.2. The van der Waals surface area contributed by atoms with Crippen molar-refractivity contribution < 1.29 is 4.79 Å². The third kappa shape index (κ3) is 3.55. The molecule has 0 spiro atoms. The number of aryl methyl sites for hydroxylation is 2. The summed E-state index contributed by atoms with van der Waals surface area (Å²) in [5.41, 5.74) is 5.84. The zero-order chi connectivity index (χ0) is 19.0. The monoisotopic (exact) mass is 362 g/mol. The first-order valence-corrected chi connectivity index (χ1v) is 9.45. The first-order valence-electron chi connectivity index (χ1n) is 9.45. The number of carbonyl (C=O) groups excluding carboxylic acids is 1. The maximum absolute atomic E-state index is 12.8. The van der Waals surface area contributed by atoms with E-state index in [1.54, 1.807) is 0 Å². The van der Waals surface area contributed by atoms with Crippen LogP contribution in [0.1, 0.15) is 21.6 Å². The van der Waals surface area contributed by atoms with E-state index < -0.39 is 0 Å². The number of rotatable bonds is 3. The van der Waals surface area contributed by atoms with E-state index in [9.17, 15) is 4.79 Å². The van der Waals surface area contributed by atoms with Gasteiger partial charge in [-0.1, -0.05) is 24.3 Å². The Hall–Kier alpha value is -2.79. The molecule has 2 aromatic carbocycles. The van der Waals surface area contributed by atoms with Gasteiger partial charge < -0.3 is 20.1 Å². The van der Waals surface area contributed by atoms with Crippen LogP contribution in [0.5, 0.6) is 0 Å². The average molecular weight is 362 g/mol. The van der Waals surface area contributed by atoms with Gasteiger partial charge in [-0.25, -0.2) is 0 Å². The van der Waals surface area contributed by atoms with Gasteiger partial charge in [-0.15, -0.1) is 0 Å². The molecule has 1 aromatic heterocycles. The maximum atomic E-state index is 12.8. The smallest absolute Gasteiger partial charge is 0.272 e. The third-order valence-corrected chi connectivity index (χ3v) is 5.45. The number of amides is 1. The predicted octanol–water partition coefficient (Wildman–Crippen LogP) is 3.79. The Morgan fingerprint density at radius 1 is 1.00 bits per heavy atom. The van der Waals surface area contributed by atoms with E-state index in [1.807, 2.05) is 38.1 Å². The Bertz CT molecular complexity index is 983. The van der Waals surface area contributed by atoms with Gasteiger partial charge in [-0.3, -0.25) is 4.79 Å². The van der Waals surface area contributed by atoms with Crippen LogP contribution in [0.2, 0.25) is 0 Å². The minimum atomic E-state index is -0.107. The summed E-state index contributed by atoms with van der Waals surface area (Å²) in [6, 6.07) is 14.3. The van der Waals surface area contributed by atoms with Crippen LogP contribution in [-0.4, -0.2) is 49.0 Å². The van der Waals surface area contributed by atoms with E-state index >= 15 is 0 Å². The van der Waals surface area contributed by atoms with Crippen LogP contribution in [0.25, 0.3) is 10.9 Å². The van der Waals surface area contributed by atoms with E-state index in [0.29, 0.717) is 5.69 Å². The number of fused-ring (bicyclic) bond motifs is 1. The number of aromatic amines is 1. The zero-order valence-corrected chi connectivity index (χ0v) is 16.2. The molecule has 0 atom stereocenters. The predicted molar refractivity (Wildman–Crippen MR) is 112 cm³/mol. The lowest BCUT2D eigenvalue weighted by molar-refractivity contribution is 0.102. The molecule has 1 aliphatic rings. The van der Waals surface area contributed by atoms with E-state index in [4.69, 9.17) is 0 Å². The van der Waals surface area contributed by atoms with Crippen molar-refractivity contribution in [3.63, 3.8) is 0 Å². The number of carbonyl (C=O) groups is 1. The normalized spacial score (nSPS) is 15.3. The van der Waals surface area contributed by atoms with Crippen LogP contribution in [0.3, 0.4) is 0 Å². The number of likely N-dealkylation sites (N-methyl/N-ethyl adjacent to an activating group) is 1. The Balaban J connectivity index is 1.56. The number of piperazine rings is 1. The van der Waals surface area contributed by atoms with E-state index in [1.165, 1.54) is 0 Å². The molecule has 0 unspecified atom stereocenters. The van der Waals surface area contributed by atoms with Gasteiger partial charge in [0.1, 0.15) is 5.69 Å². The van der Waals surface area contributed by atoms with Crippen molar-refractivity contribution >= 4 is 28.2 Å².